The molecule has 0 saturated carbocycles. The fourth-order valence-electron chi connectivity index (χ4n) is 0.636. The van der Waals surface area contributed by atoms with E-state index >= 15 is 0 Å². The number of hydrogen-bond acceptors (Lipinski definition) is 2. The van der Waals surface area contributed by atoms with E-state index in [1.54, 1.807) is 0 Å². The first kappa shape index (κ1) is 14.3. The van der Waals surface area contributed by atoms with Crippen LogP contribution in [0.1, 0.15) is 26.7 Å². The van der Waals surface area contributed by atoms with Gasteiger partial charge in [0.2, 0.25) is 0 Å². The molecule has 0 aliphatic heterocycles. The maximum absolute atomic E-state index is 10.3. The van der Waals surface area contributed by atoms with Crippen LogP contribution < -0.4 is 0 Å². The van der Waals surface area contributed by atoms with Gasteiger partial charge in [-0.15, -0.1) is 12.4 Å². The molecule has 0 bridgehead atoms. The maximum Gasteiger partial charge on any atom is 0.303 e. The molecule has 0 heterocycles. The van der Waals surface area contributed by atoms with E-state index in [4.69, 9.17) is 5.11 Å². The Morgan fingerprint density at radius 3 is 2.08 bits per heavy atom. The molecule has 4 heteroatoms. The van der Waals surface area contributed by atoms with Gasteiger partial charge in [0.25, 0.3) is 0 Å². The molecule has 1 N–H and O–H groups in total. The van der Waals surface area contributed by atoms with E-state index in [-0.39, 0.29) is 24.4 Å². The molecule has 0 radical (unpaired) electrons. The van der Waals surface area contributed by atoms with Gasteiger partial charge >= 0.3 is 5.97 Å². The molecular formula is C8H18ClNO2. The van der Waals surface area contributed by atoms with Gasteiger partial charge in [-0.25, -0.2) is 0 Å². The van der Waals surface area contributed by atoms with E-state index < -0.39 is 5.97 Å². The third-order valence-corrected chi connectivity index (χ3v) is 2.16. The van der Waals surface area contributed by atoms with Gasteiger partial charge in [0.15, 0.2) is 0 Å². The van der Waals surface area contributed by atoms with Gasteiger partial charge in [0, 0.05) is 12.0 Å². The van der Waals surface area contributed by atoms with Crippen molar-refractivity contribution < 1.29 is 9.90 Å². The minimum atomic E-state index is -0.722. The second-order valence-corrected chi connectivity index (χ2v) is 3.60. The highest BCUT2D eigenvalue weighted by molar-refractivity contribution is 5.85. The zero-order valence-electron chi connectivity index (χ0n) is 8.13. The number of carboxylic acids is 1. The SMILES string of the molecule is CN(C)C(C)(C)CCC(=O)O.Cl. The molecule has 0 aliphatic rings. The van der Waals surface area contributed by atoms with E-state index in [0.717, 1.165) is 0 Å². The van der Waals surface area contributed by atoms with Crippen molar-refractivity contribution in [2.75, 3.05) is 14.1 Å². The lowest BCUT2D eigenvalue weighted by Gasteiger charge is -2.31. The largest absolute Gasteiger partial charge is 0.481 e. The maximum atomic E-state index is 10.3. The molecule has 0 spiro atoms. The summed E-state index contributed by atoms with van der Waals surface area (Å²) in [4.78, 5) is 12.3. The fraction of sp³-hybridized carbons (Fsp3) is 0.875. The topological polar surface area (TPSA) is 40.5 Å². The Bertz CT molecular complexity index is 146. The number of carboxylic acid groups (broad SMARTS) is 1. The van der Waals surface area contributed by atoms with Crippen molar-refractivity contribution >= 4 is 18.4 Å². The Balaban J connectivity index is 0. The molecule has 0 aliphatic carbocycles. The van der Waals surface area contributed by atoms with Crippen molar-refractivity contribution in [3.63, 3.8) is 0 Å². The highest BCUT2D eigenvalue weighted by Gasteiger charge is 2.20. The molecule has 0 atom stereocenters. The standard InChI is InChI=1S/C8H17NO2.ClH/c1-8(2,9(3)4)6-5-7(10)11;/h5-6H2,1-4H3,(H,10,11);1H. The summed E-state index contributed by atoms with van der Waals surface area (Å²) in [5.41, 5.74) is -0.0155. The van der Waals surface area contributed by atoms with Gasteiger partial charge in [0.1, 0.15) is 0 Å². The Morgan fingerprint density at radius 2 is 1.83 bits per heavy atom. The first-order valence-corrected chi connectivity index (χ1v) is 3.75. The molecule has 74 valence electrons. The monoisotopic (exact) mass is 195 g/mol. The highest BCUT2D eigenvalue weighted by Crippen LogP contribution is 2.16. The van der Waals surface area contributed by atoms with Crippen molar-refractivity contribution in [2.45, 2.75) is 32.2 Å². The van der Waals surface area contributed by atoms with Crippen LogP contribution in [-0.2, 0) is 4.79 Å². The van der Waals surface area contributed by atoms with E-state index in [1.807, 2.05) is 32.8 Å². The number of hydrogen-bond donors (Lipinski definition) is 1. The molecule has 0 saturated heterocycles. The molecule has 12 heavy (non-hydrogen) atoms. The number of nitrogens with zero attached hydrogens (tertiary/aromatic N) is 1. The number of rotatable bonds is 4. The van der Waals surface area contributed by atoms with E-state index in [2.05, 4.69) is 0 Å². The third-order valence-electron chi connectivity index (χ3n) is 2.16. The first-order valence-electron chi connectivity index (χ1n) is 3.75. The normalized spacial score (nSPS) is 11.1. The predicted octanol–water partition coefficient (Wildman–Crippen LogP) is 1.61. The minimum absolute atomic E-state index is 0. The van der Waals surface area contributed by atoms with Gasteiger partial charge in [-0.1, -0.05) is 0 Å². The van der Waals surface area contributed by atoms with E-state index in [0.29, 0.717) is 6.42 Å². The second-order valence-electron chi connectivity index (χ2n) is 3.60. The fourth-order valence-corrected chi connectivity index (χ4v) is 0.636. The molecule has 0 aromatic heterocycles. The van der Waals surface area contributed by atoms with Crippen molar-refractivity contribution in [2.24, 2.45) is 0 Å². The zero-order chi connectivity index (χ0) is 9.07. The van der Waals surface area contributed by atoms with Gasteiger partial charge in [-0.2, -0.15) is 0 Å². The number of halogens is 1. The van der Waals surface area contributed by atoms with Crippen molar-refractivity contribution in [1.82, 2.24) is 4.90 Å². The summed E-state index contributed by atoms with van der Waals surface area (Å²) >= 11 is 0. The molecule has 0 unspecified atom stereocenters. The summed E-state index contributed by atoms with van der Waals surface area (Å²) < 4.78 is 0. The number of aliphatic carboxylic acids is 1. The average Bonchev–Trinajstić information content (AvgIpc) is 1.84. The Kier molecular flexibility index (Phi) is 6.39. The van der Waals surface area contributed by atoms with Crippen molar-refractivity contribution in [1.29, 1.82) is 0 Å². The lowest BCUT2D eigenvalue weighted by atomic mass is 9.97. The summed E-state index contributed by atoms with van der Waals surface area (Å²) in [7, 11) is 3.92. The van der Waals surface area contributed by atoms with Crippen molar-refractivity contribution in [3.05, 3.63) is 0 Å². The van der Waals surface area contributed by atoms with Gasteiger partial charge in [0.05, 0.1) is 0 Å². The van der Waals surface area contributed by atoms with Gasteiger partial charge in [-0.3, -0.25) is 4.79 Å². The molecular weight excluding hydrogens is 178 g/mol. The predicted molar refractivity (Wildman–Crippen MR) is 51.9 cm³/mol. The minimum Gasteiger partial charge on any atom is -0.481 e. The summed E-state index contributed by atoms with van der Waals surface area (Å²) in [6, 6.07) is 0. The van der Waals surface area contributed by atoms with Crippen LogP contribution in [0.15, 0.2) is 0 Å². The molecule has 0 fully saturated rings. The summed E-state index contributed by atoms with van der Waals surface area (Å²) in [5, 5.41) is 8.44. The Morgan fingerprint density at radius 1 is 1.42 bits per heavy atom. The summed E-state index contributed by atoms with van der Waals surface area (Å²) in [6.45, 7) is 4.08. The Hall–Kier alpha value is -0.280. The Labute approximate surface area is 80.2 Å². The smallest absolute Gasteiger partial charge is 0.303 e. The molecule has 3 nitrogen and oxygen atoms in total. The quantitative estimate of drug-likeness (QED) is 0.741. The lowest BCUT2D eigenvalue weighted by molar-refractivity contribution is -0.137. The highest BCUT2D eigenvalue weighted by atomic mass is 35.5. The van der Waals surface area contributed by atoms with Crippen LogP contribution in [-0.4, -0.2) is 35.6 Å². The number of carbonyl (C=O) groups is 1. The summed E-state index contributed by atoms with van der Waals surface area (Å²) in [5.74, 6) is -0.722. The van der Waals surface area contributed by atoms with Crippen LogP contribution in [0, 0.1) is 0 Å². The van der Waals surface area contributed by atoms with Crippen LogP contribution >= 0.6 is 12.4 Å². The molecule has 0 rings (SSSR count). The molecule has 0 amide bonds. The van der Waals surface area contributed by atoms with Crippen molar-refractivity contribution in [3.8, 4) is 0 Å². The summed E-state index contributed by atoms with van der Waals surface area (Å²) in [6.07, 6.45) is 0.931. The third kappa shape index (κ3) is 5.38. The van der Waals surface area contributed by atoms with Crippen LogP contribution in [0.2, 0.25) is 0 Å². The van der Waals surface area contributed by atoms with Crippen LogP contribution in [0.25, 0.3) is 0 Å². The van der Waals surface area contributed by atoms with Gasteiger partial charge in [-0.05, 0) is 34.4 Å². The van der Waals surface area contributed by atoms with Gasteiger partial charge < -0.3 is 10.0 Å². The molecule has 0 aromatic rings. The zero-order valence-corrected chi connectivity index (χ0v) is 8.94. The van der Waals surface area contributed by atoms with Crippen LogP contribution in [0.5, 0.6) is 0 Å². The van der Waals surface area contributed by atoms with E-state index in [9.17, 15) is 4.79 Å². The van der Waals surface area contributed by atoms with Crippen LogP contribution in [0.4, 0.5) is 0 Å². The second kappa shape index (κ2) is 5.38. The average molecular weight is 196 g/mol. The van der Waals surface area contributed by atoms with E-state index in [1.165, 1.54) is 0 Å². The lowest BCUT2D eigenvalue weighted by Crippen LogP contribution is -2.38. The molecule has 0 aromatic carbocycles. The first-order chi connectivity index (χ1) is 4.86. The van der Waals surface area contributed by atoms with Crippen LogP contribution in [0.3, 0.4) is 0 Å².